The number of anilines is 1. The van der Waals surface area contributed by atoms with E-state index in [0.29, 0.717) is 11.4 Å². The van der Waals surface area contributed by atoms with Gasteiger partial charge in [-0.25, -0.2) is 0 Å². The zero-order valence-electron chi connectivity index (χ0n) is 9.71. The third-order valence-electron chi connectivity index (χ3n) is 2.14. The minimum absolute atomic E-state index is 0.00290. The third kappa shape index (κ3) is 3.00. The van der Waals surface area contributed by atoms with E-state index in [0.717, 1.165) is 0 Å². The predicted molar refractivity (Wildman–Crippen MR) is 63.5 cm³/mol. The first-order valence-corrected chi connectivity index (χ1v) is 5.29. The third-order valence-corrected chi connectivity index (χ3v) is 2.14. The molecule has 1 aromatic carbocycles. The Labute approximate surface area is 103 Å². The SMILES string of the molecule is Cc1cc(OCC(=O)Nc2ccccc2O)no1. The lowest BCUT2D eigenvalue weighted by atomic mass is 10.3. The number of para-hydroxylation sites is 2. The number of benzene rings is 1. The van der Waals surface area contributed by atoms with E-state index in [1.54, 1.807) is 31.2 Å². The standard InChI is InChI=1S/C12H12N2O4/c1-8-6-12(14-18-8)17-7-11(16)13-9-4-2-3-5-10(9)15/h2-6,15H,7H2,1H3,(H,13,16). The summed E-state index contributed by atoms with van der Waals surface area (Å²) >= 11 is 0. The van der Waals surface area contributed by atoms with Crippen LogP contribution in [-0.4, -0.2) is 22.8 Å². The molecule has 18 heavy (non-hydrogen) atoms. The molecule has 0 aliphatic carbocycles. The maximum atomic E-state index is 11.5. The molecule has 1 amide bonds. The van der Waals surface area contributed by atoms with Crippen LogP contribution in [0.2, 0.25) is 0 Å². The van der Waals surface area contributed by atoms with Crippen LogP contribution in [0.25, 0.3) is 0 Å². The highest BCUT2D eigenvalue weighted by Gasteiger charge is 2.08. The fourth-order valence-corrected chi connectivity index (χ4v) is 1.32. The molecule has 1 heterocycles. The molecule has 2 N–H and O–H groups in total. The molecular weight excluding hydrogens is 236 g/mol. The Morgan fingerprint density at radius 3 is 2.94 bits per heavy atom. The molecule has 0 spiro atoms. The fourth-order valence-electron chi connectivity index (χ4n) is 1.32. The second-order valence-electron chi connectivity index (χ2n) is 3.63. The van der Waals surface area contributed by atoms with Crippen molar-refractivity contribution in [1.82, 2.24) is 5.16 Å². The van der Waals surface area contributed by atoms with E-state index < -0.39 is 5.91 Å². The van der Waals surface area contributed by atoms with Crippen LogP contribution in [0.3, 0.4) is 0 Å². The molecule has 0 saturated heterocycles. The van der Waals surface area contributed by atoms with Gasteiger partial charge in [0.15, 0.2) is 6.61 Å². The number of hydrogen-bond donors (Lipinski definition) is 2. The number of amides is 1. The van der Waals surface area contributed by atoms with Gasteiger partial charge in [0.05, 0.1) is 5.69 Å². The van der Waals surface area contributed by atoms with Gasteiger partial charge >= 0.3 is 0 Å². The lowest BCUT2D eigenvalue weighted by Crippen LogP contribution is -2.20. The van der Waals surface area contributed by atoms with E-state index in [9.17, 15) is 9.90 Å². The summed E-state index contributed by atoms with van der Waals surface area (Å²) in [4.78, 5) is 11.5. The highest BCUT2D eigenvalue weighted by Crippen LogP contribution is 2.21. The number of phenols is 1. The van der Waals surface area contributed by atoms with Crippen LogP contribution in [0.15, 0.2) is 34.9 Å². The molecule has 0 atom stereocenters. The van der Waals surface area contributed by atoms with Gasteiger partial charge in [-0.2, -0.15) is 0 Å². The monoisotopic (exact) mass is 248 g/mol. The van der Waals surface area contributed by atoms with Crippen LogP contribution >= 0.6 is 0 Å². The van der Waals surface area contributed by atoms with Crippen molar-refractivity contribution in [1.29, 1.82) is 0 Å². The highest BCUT2D eigenvalue weighted by atomic mass is 16.5. The summed E-state index contributed by atoms with van der Waals surface area (Å²) in [5, 5.41) is 15.6. The maximum Gasteiger partial charge on any atom is 0.262 e. The number of carbonyl (C=O) groups is 1. The number of phenolic OH excluding ortho intramolecular Hbond substituents is 1. The van der Waals surface area contributed by atoms with Gasteiger partial charge in [-0.15, -0.1) is 0 Å². The number of carbonyl (C=O) groups excluding carboxylic acids is 1. The normalized spacial score (nSPS) is 10.1. The van der Waals surface area contributed by atoms with E-state index in [1.807, 2.05) is 0 Å². The van der Waals surface area contributed by atoms with Crippen LogP contribution < -0.4 is 10.1 Å². The summed E-state index contributed by atoms with van der Waals surface area (Å²) < 4.78 is 9.89. The van der Waals surface area contributed by atoms with Crippen LogP contribution in [0, 0.1) is 6.92 Å². The molecule has 2 aromatic rings. The first-order chi connectivity index (χ1) is 8.65. The first-order valence-electron chi connectivity index (χ1n) is 5.29. The van der Waals surface area contributed by atoms with Gasteiger partial charge in [0.2, 0.25) is 0 Å². The summed E-state index contributed by atoms with van der Waals surface area (Å²) in [6.07, 6.45) is 0. The van der Waals surface area contributed by atoms with Gasteiger partial charge in [0.1, 0.15) is 11.5 Å². The number of rotatable bonds is 4. The molecule has 6 heteroatoms. The molecule has 0 aliphatic rings. The summed E-state index contributed by atoms with van der Waals surface area (Å²) in [5.41, 5.74) is 0.336. The number of aryl methyl sites for hydroxylation is 1. The molecule has 94 valence electrons. The molecule has 0 radical (unpaired) electrons. The smallest absolute Gasteiger partial charge is 0.262 e. The van der Waals surface area contributed by atoms with Gasteiger partial charge in [-0.1, -0.05) is 12.1 Å². The van der Waals surface area contributed by atoms with Crippen LogP contribution in [0.1, 0.15) is 5.76 Å². The number of hydrogen-bond acceptors (Lipinski definition) is 5. The lowest BCUT2D eigenvalue weighted by Gasteiger charge is -2.06. The van der Waals surface area contributed by atoms with Gasteiger partial charge in [0, 0.05) is 6.07 Å². The summed E-state index contributed by atoms with van der Waals surface area (Å²) in [5.74, 6) is 0.464. The second kappa shape index (κ2) is 5.22. The van der Waals surface area contributed by atoms with Gasteiger partial charge in [-0.3, -0.25) is 4.79 Å². The molecule has 0 saturated carbocycles. The predicted octanol–water partition coefficient (Wildman–Crippen LogP) is 1.71. The molecular formula is C12H12N2O4. The molecule has 0 bridgehead atoms. The second-order valence-corrected chi connectivity index (χ2v) is 3.63. The first kappa shape index (κ1) is 12.0. The van der Waals surface area contributed by atoms with E-state index in [1.165, 1.54) is 6.07 Å². The van der Waals surface area contributed by atoms with E-state index >= 15 is 0 Å². The van der Waals surface area contributed by atoms with Gasteiger partial charge in [-0.05, 0) is 24.2 Å². The Balaban J connectivity index is 1.88. The Morgan fingerprint density at radius 1 is 1.50 bits per heavy atom. The Kier molecular flexibility index (Phi) is 3.47. The van der Waals surface area contributed by atoms with Crippen molar-refractivity contribution in [2.45, 2.75) is 6.92 Å². The molecule has 2 rings (SSSR count). The largest absolute Gasteiger partial charge is 0.506 e. The molecule has 6 nitrogen and oxygen atoms in total. The average Bonchev–Trinajstić information content (AvgIpc) is 2.76. The van der Waals surface area contributed by atoms with Crippen LogP contribution in [0.4, 0.5) is 5.69 Å². The summed E-state index contributed by atoms with van der Waals surface area (Å²) in [6.45, 7) is 1.52. The maximum absolute atomic E-state index is 11.5. The zero-order chi connectivity index (χ0) is 13.0. The van der Waals surface area contributed by atoms with E-state index in [-0.39, 0.29) is 18.2 Å². The van der Waals surface area contributed by atoms with Crippen LogP contribution in [0.5, 0.6) is 11.6 Å². The number of ether oxygens (including phenoxy) is 1. The number of nitrogens with one attached hydrogen (secondary N) is 1. The molecule has 0 aliphatic heterocycles. The topological polar surface area (TPSA) is 84.6 Å². The van der Waals surface area contributed by atoms with Crippen molar-refractivity contribution in [2.75, 3.05) is 11.9 Å². The Hall–Kier alpha value is -2.50. The van der Waals surface area contributed by atoms with Crippen molar-refractivity contribution in [3.63, 3.8) is 0 Å². The Bertz CT molecular complexity index is 551. The van der Waals surface area contributed by atoms with Crippen molar-refractivity contribution in [3.8, 4) is 11.6 Å². The number of aromatic nitrogens is 1. The minimum atomic E-state index is -0.392. The van der Waals surface area contributed by atoms with Crippen LogP contribution in [-0.2, 0) is 4.79 Å². The number of nitrogens with zero attached hydrogens (tertiary/aromatic N) is 1. The molecule has 1 aromatic heterocycles. The zero-order valence-corrected chi connectivity index (χ0v) is 9.71. The summed E-state index contributed by atoms with van der Waals surface area (Å²) in [6, 6.07) is 8.02. The van der Waals surface area contributed by atoms with Crippen molar-refractivity contribution in [2.24, 2.45) is 0 Å². The van der Waals surface area contributed by atoms with E-state index in [4.69, 9.17) is 9.26 Å². The van der Waals surface area contributed by atoms with Gasteiger partial charge in [0.25, 0.3) is 11.8 Å². The van der Waals surface area contributed by atoms with Gasteiger partial charge < -0.3 is 19.7 Å². The molecule has 0 unspecified atom stereocenters. The minimum Gasteiger partial charge on any atom is -0.506 e. The van der Waals surface area contributed by atoms with Crippen molar-refractivity contribution >= 4 is 11.6 Å². The molecule has 0 fully saturated rings. The highest BCUT2D eigenvalue weighted by molar-refractivity contribution is 5.93. The lowest BCUT2D eigenvalue weighted by molar-refractivity contribution is -0.118. The van der Waals surface area contributed by atoms with E-state index in [2.05, 4.69) is 10.5 Å². The van der Waals surface area contributed by atoms with Crippen molar-refractivity contribution in [3.05, 3.63) is 36.1 Å². The number of aromatic hydroxyl groups is 1. The van der Waals surface area contributed by atoms with Crippen molar-refractivity contribution < 1.29 is 19.2 Å². The summed E-state index contributed by atoms with van der Waals surface area (Å²) in [7, 11) is 0. The Morgan fingerprint density at radius 2 is 2.28 bits per heavy atom. The average molecular weight is 248 g/mol. The fraction of sp³-hybridized carbons (Fsp3) is 0.167. The quantitative estimate of drug-likeness (QED) is 0.804.